The number of hydrogen-bond donors (Lipinski definition) is 0. The molecule has 6 heteroatoms. The van der Waals surface area contributed by atoms with E-state index in [1.165, 1.54) is 4.90 Å². The molecule has 204 valence electrons. The molecule has 42 heavy (non-hydrogen) atoms. The minimum Gasteiger partial charge on any atom is -0.497 e. The van der Waals surface area contributed by atoms with Gasteiger partial charge in [-0.15, -0.1) is 0 Å². The lowest BCUT2D eigenvalue weighted by Gasteiger charge is -2.38. The highest BCUT2D eigenvalue weighted by Crippen LogP contribution is 2.56. The first kappa shape index (κ1) is 24.6. The molecule has 5 aromatic rings. The molecule has 4 atom stereocenters. The van der Waals surface area contributed by atoms with Crippen molar-refractivity contribution >= 4 is 50.6 Å². The molecule has 0 bridgehead atoms. The van der Waals surface area contributed by atoms with Crippen LogP contribution in [0.5, 0.6) is 11.5 Å². The summed E-state index contributed by atoms with van der Waals surface area (Å²) in [5, 5.41) is 3.67. The molecule has 2 heterocycles. The Morgan fingerprint density at radius 3 is 2.12 bits per heavy atom. The van der Waals surface area contributed by atoms with Gasteiger partial charge in [0.25, 0.3) is 0 Å². The molecule has 3 aliphatic rings. The van der Waals surface area contributed by atoms with Gasteiger partial charge in [-0.05, 0) is 51.6 Å². The van der Waals surface area contributed by atoms with Crippen LogP contribution in [0.3, 0.4) is 0 Å². The van der Waals surface area contributed by atoms with Gasteiger partial charge in [0.15, 0.2) is 0 Å². The van der Waals surface area contributed by atoms with Gasteiger partial charge in [0.1, 0.15) is 11.5 Å². The zero-order valence-electron chi connectivity index (χ0n) is 22.7. The summed E-state index contributed by atoms with van der Waals surface area (Å²) in [4.78, 5) is 44.0. The van der Waals surface area contributed by atoms with Gasteiger partial charge in [-0.3, -0.25) is 14.4 Å². The molecule has 5 aromatic carbocycles. The molecule has 0 aromatic heterocycles. The van der Waals surface area contributed by atoms with E-state index in [4.69, 9.17) is 9.47 Å². The molecule has 1 aliphatic carbocycles. The molecule has 1 fully saturated rings. The van der Waals surface area contributed by atoms with E-state index in [9.17, 15) is 14.4 Å². The molecule has 2 aliphatic heterocycles. The molecule has 8 rings (SSSR count). The summed E-state index contributed by atoms with van der Waals surface area (Å²) in [6, 6.07) is 32.6. The summed E-state index contributed by atoms with van der Waals surface area (Å²) in [5.41, 5.74) is 2.94. The fourth-order valence-electron chi connectivity index (χ4n) is 7.12. The average Bonchev–Trinajstić information content (AvgIpc) is 3.29. The van der Waals surface area contributed by atoms with E-state index in [0.29, 0.717) is 17.2 Å². The van der Waals surface area contributed by atoms with E-state index in [2.05, 4.69) is 0 Å². The van der Waals surface area contributed by atoms with Crippen molar-refractivity contribution in [2.45, 2.75) is 5.92 Å². The summed E-state index contributed by atoms with van der Waals surface area (Å²) in [7, 11) is 1.61. The molecule has 0 N–H and O–H groups in total. The Kier molecular flexibility index (Phi) is 5.35. The molecular formula is C36H25NO5. The van der Waals surface area contributed by atoms with Gasteiger partial charge in [0.05, 0.1) is 30.6 Å². The highest BCUT2D eigenvalue weighted by molar-refractivity contribution is 6.27. The number of nitrogens with zero attached hydrogens (tertiary/aromatic N) is 1. The number of rotatable bonds is 3. The Morgan fingerprint density at radius 2 is 1.36 bits per heavy atom. The normalized spacial score (nSPS) is 22.8. The number of carbonyl (C=O) groups excluding carboxylic acids is 3. The van der Waals surface area contributed by atoms with Crippen molar-refractivity contribution in [3.8, 4) is 11.5 Å². The highest BCUT2D eigenvalue weighted by Gasteiger charge is 2.60. The number of imide groups is 1. The summed E-state index contributed by atoms with van der Waals surface area (Å²) in [6.07, 6.45) is 2.02. The fourth-order valence-corrected chi connectivity index (χ4v) is 7.12. The van der Waals surface area contributed by atoms with Crippen molar-refractivity contribution in [2.24, 2.45) is 17.8 Å². The van der Waals surface area contributed by atoms with Crippen molar-refractivity contribution in [3.63, 3.8) is 0 Å². The number of fused-ring (bicyclic) bond motifs is 8. The number of amides is 2. The first-order chi connectivity index (χ1) is 20.5. The maximum absolute atomic E-state index is 14.5. The number of esters is 1. The van der Waals surface area contributed by atoms with Crippen LogP contribution in [0.15, 0.2) is 109 Å². The number of ether oxygens (including phenoxy) is 2. The average molecular weight is 552 g/mol. The van der Waals surface area contributed by atoms with Crippen molar-refractivity contribution in [1.29, 1.82) is 0 Å². The van der Waals surface area contributed by atoms with Crippen LogP contribution in [-0.2, 0) is 14.4 Å². The van der Waals surface area contributed by atoms with E-state index in [-0.39, 0.29) is 11.8 Å². The van der Waals surface area contributed by atoms with Crippen LogP contribution in [0.4, 0.5) is 5.69 Å². The molecule has 0 unspecified atom stereocenters. The van der Waals surface area contributed by atoms with Crippen molar-refractivity contribution in [1.82, 2.24) is 0 Å². The van der Waals surface area contributed by atoms with Crippen molar-refractivity contribution in [2.75, 3.05) is 12.0 Å². The van der Waals surface area contributed by atoms with Gasteiger partial charge in [-0.25, -0.2) is 4.90 Å². The van der Waals surface area contributed by atoms with E-state index in [1.54, 1.807) is 13.2 Å². The van der Waals surface area contributed by atoms with Crippen LogP contribution in [0, 0.1) is 17.8 Å². The topological polar surface area (TPSA) is 72.9 Å². The Hall–Kier alpha value is -5.23. The summed E-state index contributed by atoms with van der Waals surface area (Å²) in [6.45, 7) is 0. The zero-order valence-corrected chi connectivity index (χ0v) is 22.7. The van der Waals surface area contributed by atoms with Crippen LogP contribution in [-0.4, -0.2) is 24.9 Å². The number of anilines is 1. The van der Waals surface area contributed by atoms with Gasteiger partial charge >= 0.3 is 5.97 Å². The number of benzene rings is 5. The molecule has 0 spiro atoms. The first-order valence-electron chi connectivity index (χ1n) is 14.0. The molecule has 0 saturated carbocycles. The van der Waals surface area contributed by atoms with E-state index >= 15 is 0 Å². The molecular weight excluding hydrogens is 526 g/mol. The lowest BCUT2D eigenvalue weighted by molar-refractivity contribution is -0.142. The molecule has 0 radical (unpaired) electrons. The third-order valence-electron chi connectivity index (χ3n) is 8.99. The summed E-state index contributed by atoms with van der Waals surface area (Å²) in [5.74, 6) is -3.07. The smallest absolute Gasteiger partial charge is 0.319 e. The molecule has 2 amide bonds. The third kappa shape index (κ3) is 3.41. The Morgan fingerprint density at radius 1 is 0.690 bits per heavy atom. The van der Waals surface area contributed by atoms with E-state index < -0.39 is 29.6 Å². The fraction of sp³-hybridized carbons (Fsp3) is 0.139. The maximum atomic E-state index is 14.5. The second-order valence-corrected chi connectivity index (χ2v) is 11.0. The second kappa shape index (κ2) is 9.14. The lowest BCUT2D eigenvalue weighted by atomic mass is 9.64. The van der Waals surface area contributed by atoms with Crippen molar-refractivity contribution < 1.29 is 23.9 Å². The predicted molar refractivity (Wildman–Crippen MR) is 160 cm³/mol. The standard InChI is InChI=1S/C36H25NO5/c1-41-23-16-13-22(14-17-23)26-19-27-30-25-11-5-3-8-21(25)15-18-29(30)42-36(40)32(27)33-31(26)34(38)37(35(33)39)28-12-6-9-20-7-2-4-10-24(20)28/h2-19,26,31-33H,1H3/t26-,31+,32-,33+/m0/s1. The first-order valence-corrected chi connectivity index (χ1v) is 14.0. The molecule has 6 nitrogen and oxygen atoms in total. The van der Waals surface area contributed by atoms with Crippen LogP contribution >= 0.6 is 0 Å². The summed E-state index contributed by atoms with van der Waals surface area (Å²) >= 11 is 0. The monoisotopic (exact) mass is 551 g/mol. The van der Waals surface area contributed by atoms with E-state index in [1.807, 2.05) is 103 Å². The van der Waals surface area contributed by atoms with Crippen LogP contribution in [0.25, 0.3) is 27.1 Å². The quantitative estimate of drug-likeness (QED) is 0.145. The van der Waals surface area contributed by atoms with Gasteiger partial charge in [-0.2, -0.15) is 0 Å². The van der Waals surface area contributed by atoms with Crippen LogP contribution in [0.1, 0.15) is 17.0 Å². The van der Waals surface area contributed by atoms with Gasteiger partial charge in [0, 0.05) is 16.9 Å². The summed E-state index contributed by atoms with van der Waals surface area (Å²) < 4.78 is 11.3. The predicted octanol–water partition coefficient (Wildman–Crippen LogP) is 6.52. The Labute approximate surface area is 241 Å². The lowest BCUT2D eigenvalue weighted by Crippen LogP contribution is -2.42. The Balaban J connectivity index is 1.36. The van der Waals surface area contributed by atoms with Gasteiger partial charge < -0.3 is 9.47 Å². The minimum absolute atomic E-state index is 0.311. The van der Waals surface area contributed by atoms with Crippen molar-refractivity contribution in [3.05, 3.63) is 120 Å². The van der Waals surface area contributed by atoms with Crippen LogP contribution < -0.4 is 14.4 Å². The van der Waals surface area contributed by atoms with Crippen LogP contribution in [0.2, 0.25) is 0 Å². The number of allylic oxidation sites excluding steroid dienone is 1. The number of methoxy groups -OCH3 is 1. The Bertz CT molecular complexity index is 1990. The highest BCUT2D eigenvalue weighted by atomic mass is 16.5. The van der Waals surface area contributed by atoms with Gasteiger partial charge in [-0.1, -0.05) is 84.9 Å². The minimum atomic E-state index is -0.914. The zero-order chi connectivity index (χ0) is 28.5. The number of carbonyl (C=O) groups is 3. The van der Waals surface area contributed by atoms with Gasteiger partial charge in [0.2, 0.25) is 11.8 Å². The SMILES string of the molecule is COc1ccc([C@@H]2C=C3c4c(ccc5ccccc45)OC(=O)[C@@H]3[C@@H]3C(=O)N(c4cccc5ccccc45)C(=O)[C@@H]32)cc1. The second-order valence-electron chi connectivity index (χ2n) is 11.0. The molecule has 1 saturated heterocycles. The number of hydrogen-bond acceptors (Lipinski definition) is 5. The maximum Gasteiger partial charge on any atom is 0.319 e. The third-order valence-corrected chi connectivity index (χ3v) is 8.99. The van der Waals surface area contributed by atoms with E-state index in [0.717, 1.165) is 38.2 Å². The largest absolute Gasteiger partial charge is 0.497 e.